The van der Waals surface area contributed by atoms with E-state index in [4.69, 9.17) is 0 Å². The minimum absolute atomic E-state index is 0.507. The van der Waals surface area contributed by atoms with Crippen molar-refractivity contribution in [2.75, 3.05) is 0 Å². The van der Waals surface area contributed by atoms with E-state index in [9.17, 15) is 0 Å². The first-order valence-electron chi connectivity index (χ1n) is 6.58. The predicted molar refractivity (Wildman–Crippen MR) is 71.6 cm³/mol. The molecule has 1 rings (SSSR count). The van der Waals surface area contributed by atoms with Crippen LogP contribution in [0.3, 0.4) is 0 Å². The van der Waals surface area contributed by atoms with Crippen molar-refractivity contribution in [3.8, 4) is 0 Å². The van der Waals surface area contributed by atoms with Gasteiger partial charge in [0.05, 0.1) is 0 Å². The van der Waals surface area contributed by atoms with Crippen molar-refractivity contribution in [1.29, 1.82) is 0 Å². The Kier molecular flexibility index (Phi) is 6.17. The van der Waals surface area contributed by atoms with Crippen molar-refractivity contribution in [3.63, 3.8) is 0 Å². The van der Waals surface area contributed by atoms with E-state index in [0.717, 1.165) is 6.42 Å². The molecule has 0 bridgehead atoms. The van der Waals surface area contributed by atoms with Gasteiger partial charge in [-0.05, 0) is 25.3 Å². The van der Waals surface area contributed by atoms with Crippen LogP contribution < -0.4 is 5.32 Å². The van der Waals surface area contributed by atoms with Crippen LogP contribution in [0.1, 0.15) is 58.1 Å². The van der Waals surface area contributed by atoms with Gasteiger partial charge in [0, 0.05) is 12.1 Å². The van der Waals surface area contributed by atoms with Crippen LogP contribution in [0.15, 0.2) is 30.3 Å². The molecule has 0 amide bonds. The SMILES string of the molecule is CCCCC(C)NC(CC)c1ccccc1. The van der Waals surface area contributed by atoms with Crippen molar-refractivity contribution in [2.24, 2.45) is 0 Å². The summed E-state index contributed by atoms with van der Waals surface area (Å²) in [6.45, 7) is 6.79. The summed E-state index contributed by atoms with van der Waals surface area (Å²) in [7, 11) is 0. The lowest BCUT2D eigenvalue weighted by Crippen LogP contribution is -2.30. The molecule has 0 aliphatic rings. The second kappa shape index (κ2) is 7.45. The normalized spacial score (nSPS) is 14.7. The smallest absolute Gasteiger partial charge is 0.0319 e. The highest BCUT2D eigenvalue weighted by molar-refractivity contribution is 5.18. The predicted octanol–water partition coefficient (Wildman–Crippen LogP) is 4.31. The molecule has 1 nitrogen and oxygen atoms in total. The Hall–Kier alpha value is -0.820. The Morgan fingerprint density at radius 1 is 1.12 bits per heavy atom. The van der Waals surface area contributed by atoms with Crippen molar-refractivity contribution in [1.82, 2.24) is 5.32 Å². The summed E-state index contributed by atoms with van der Waals surface area (Å²) in [4.78, 5) is 0. The fourth-order valence-corrected chi connectivity index (χ4v) is 2.07. The molecular formula is C15H25N. The van der Waals surface area contributed by atoms with E-state index in [0.29, 0.717) is 12.1 Å². The van der Waals surface area contributed by atoms with Crippen LogP contribution in [0.2, 0.25) is 0 Å². The molecule has 16 heavy (non-hydrogen) atoms. The molecule has 1 heteroatoms. The maximum atomic E-state index is 3.72. The summed E-state index contributed by atoms with van der Waals surface area (Å²) in [6.07, 6.45) is 5.04. The second-order valence-electron chi connectivity index (χ2n) is 4.58. The summed E-state index contributed by atoms with van der Waals surface area (Å²) in [5.41, 5.74) is 1.41. The molecule has 0 saturated carbocycles. The van der Waals surface area contributed by atoms with Crippen molar-refractivity contribution in [2.45, 2.75) is 58.5 Å². The number of hydrogen-bond acceptors (Lipinski definition) is 1. The topological polar surface area (TPSA) is 12.0 Å². The molecular weight excluding hydrogens is 194 g/mol. The van der Waals surface area contributed by atoms with Crippen molar-refractivity contribution >= 4 is 0 Å². The average Bonchev–Trinajstić information content (AvgIpc) is 2.34. The number of nitrogens with one attached hydrogen (secondary N) is 1. The number of unbranched alkanes of at least 4 members (excludes halogenated alkanes) is 1. The zero-order chi connectivity index (χ0) is 11.8. The third-order valence-electron chi connectivity index (χ3n) is 3.09. The molecule has 1 aromatic rings. The van der Waals surface area contributed by atoms with E-state index in [1.54, 1.807) is 0 Å². The largest absolute Gasteiger partial charge is 0.307 e. The molecule has 0 radical (unpaired) electrons. The third kappa shape index (κ3) is 4.36. The average molecular weight is 219 g/mol. The van der Waals surface area contributed by atoms with E-state index in [1.807, 2.05) is 0 Å². The highest BCUT2D eigenvalue weighted by Gasteiger charge is 2.11. The molecule has 2 atom stereocenters. The Morgan fingerprint density at radius 3 is 2.38 bits per heavy atom. The van der Waals surface area contributed by atoms with Gasteiger partial charge in [0.2, 0.25) is 0 Å². The van der Waals surface area contributed by atoms with Crippen molar-refractivity contribution < 1.29 is 0 Å². The molecule has 0 fully saturated rings. The number of hydrogen-bond donors (Lipinski definition) is 1. The van der Waals surface area contributed by atoms with Gasteiger partial charge in [0.1, 0.15) is 0 Å². The lowest BCUT2D eigenvalue weighted by atomic mass is 10.0. The Labute approximate surface area is 100 Å². The summed E-state index contributed by atoms with van der Waals surface area (Å²) >= 11 is 0. The van der Waals surface area contributed by atoms with Gasteiger partial charge in [-0.2, -0.15) is 0 Å². The molecule has 1 N–H and O–H groups in total. The number of benzene rings is 1. The standard InChI is InChI=1S/C15H25N/c1-4-6-10-13(3)16-15(5-2)14-11-8-7-9-12-14/h7-9,11-13,15-16H,4-6,10H2,1-3H3. The molecule has 0 spiro atoms. The molecule has 0 aliphatic heterocycles. The van der Waals surface area contributed by atoms with E-state index < -0.39 is 0 Å². The maximum absolute atomic E-state index is 3.72. The summed E-state index contributed by atoms with van der Waals surface area (Å²) < 4.78 is 0. The first kappa shape index (κ1) is 13.2. The summed E-state index contributed by atoms with van der Waals surface area (Å²) in [5, 5.41) is 3.72. The Bertz CT molecular complexity index is 268. The van der Waals surface area contributed by atoms with Gasteiger partial charge in [0.15, 0.2) is 0 Å². The van der Waals surface area contributed by atoms with E-state index in [2.05, 4.69) is 56.4 Å². The van der Waals surface area contributed by atoms with Gasteiger partial charge < -0.3 is 5.32 Å². The highest BCUT2D eigenvalue weighted by atomic mass is 14.9. The first-order chi connectivity index (χ1) is 7.77. The molecule has 0 aliphatic carbocycles. The van der Waals surface area contributed by atoms with Gasteiger partial charge in [0.25, 0.3) is 0 Å². The zero-order valence-electron chi connectivity index (χ0n) is 10.9. The number of rotatable bonds is 7. The Balaban J connectivity index is 2.49. The first-order valence-corrected chi connectivity index (χ1v) is 6.58. The van der Waals surface area contributed by atoms with Crippen LogP contribution >= 0.6 is 0 Å². The van der Waals surface area contributed by atoms with E-state index >= 15 is 0 Å². The van der Waals surface area contributed by atoms with E-state index in [-0.39, 0.29) is 0 Å². The van der Waals surface area contributed by atoms with Crippen molar-refractivity contribution in [3.05, 3.63) is 35.9 Å². The lowest BCUT2D eigenvalue weighted by molar-refractivity contribution is 0.418. The molecule has 90 valence electrons. The van der Waals surface area contributed by atoms with Crippen LogP contribution in [0.4, 0.5) is 0 Å². The van der Waals surface area contributed by atoms with Crippen LogP contribution in [0, 0.1) is 0 Å². The quantitative estimate of drug-likeness (QED) is 0.720. The van der Waals surface area contributed by atoms with E-state index in [1.165, 1.54) is 24.8 Å². The van der Waals surface area contributed by atoms with Gasteiger partial charge in [-0.15, -0.1) is 0 Å². The molecule has 1 aromatic carbocycles. The molecule has 2 unspecified atom stereocenters. The van der Waals surface area contributed by atoms with Gasteiger partial charge >= 0.3 is 0 Å². The summed E-state index contributed by atoms with van der Waals surface area (Å²) in [6, 6.07) is 11.9. The second-order valence-corrected chi connectivity index (χ2v) is 4.58. The highest BCUT2D eigenvalue weighted by Crippen LogP contribution is 2.17. The molecule has 0 aromatic heterocycles. The Morgan fingerprint density at radius 2 is 1.81 bits per heavy atom. The van der Waals surface area contributed by atoms with Gasteiger partial charge in [-0.3, -0.25) is 0 Å². The fraction of sp³-hybridized carbons (Fsp3) is 0.600. The van der Waals surface area contributed by atoms with Crippen LogP contribution in [0.5, 0.6) is 0 Å². The zero-order valence-corrected chi connectivity index (χ0v) is 10.9. The maximum Gasteiger partial charge on any atom is 0.0319 e. The van der Waals surface area contributed by atoms with Crippen LogP contribution in [-0.2, 0) is 0 Å². The monoisotopic (exact) mass is 219 g/mol. The molecule has 0 saturated heterocycles. The van der Waals surface area contributed by atoms with Gasteiger partial charge in [-0.1, -0.05) is 57.0 Å². The van der Waals surface area contributed by atoms with Crippen LogP contribution in [0.25, 0.3) is 0 Å². The summed E-state index contributed by atoms with van der Waals surface area (Å²) in [5.74, 6) is 0. The van der Waals surface area contributed by atoms with Gasteiger partial charge in [-0.25, -0.2) is 0 Å². The van der Waals surface area contributed by atoms with Crippen LogP contribution in [-0.4, -0.2) is 6.04 Å². The minimum Gasteiger partial charge on any atom is -0.307 e. The fourth-order valence-electron chi connectivity index (χ4n) is 2.07. The minimum atomic E-state index is 0.507. The third-order valence-corrected chi connectivity index (χ3v) is 3.09. The molecule has 0 heterocycles. The lowest BCUT2D eigenvalue weighted by Gasteiger charge is -2.22.